The van der Waals surface area contributed by atoms with Gasteiger partial charge < -0.3 is 4.74 Å². The zero-order valence-corrected chi connectivity index (χ0v) is 9.55. The van der Waals surface area contributed by atoms with Gasteiger partial charge in [0, 0.05) is 10.8 Å². The first-order valence-corrected chi connectivity index (χ1v) is 6.38. The van der Waals surface area contributed by atoms with Crippen LogP contribution in [0.4, 0.5) is 0 Å². The lowest BCUT2D eigenvalue weighted by Crippen LogP contribution is -2.39. The van der Waals surface area contributed by atoms with Crippen LogP contribution < -0.4 is 0 Å². The minimum Gasteiger partial charge on any atom is -0.366 e. The highest BCUT2D eigenvalue weighted by atomic mass is 16.5. The van der Waals surface area contributed by atoms with E-state index in [1.54, 1.807) is 0 Å². The van der Waals surface area contributed by atoms with E-state index in [4.69, 9.17) is 4.74 Å². The van der Waals surface area contributed by atoms with E-state index in [2.05, 4.69) is 26.0 Å². The average Bonchev–Trinajstić information content (AvgIpc) is 2.77. The Kier molecular flexibility index (Phi) is 0.863. The molecule has 0 N–H and O–H groups in total. The fourth-order valence-electron chi connectivity index (χ4n) is 6.64. The molecule has 0 aromatic rings. The van der Waals surface area contributed by atoms with Gasteiger partial charge in [0.05, 0.1) is 12.2 Å². The van der Waals surface area contributed by atoms with E-state index in [0.717, 1.165) is 0 Å². The van der Waals surface area contributed by atoms with Crippen molar-refractivity contribution in [1.29, 1.82) is 0 Å². The lowest BCUT2D eigenvalue weighted by Gasteiger charge is -2.38. The van der Waals surface area contributed by atoms with Gasteiger partial charge in [0.2, 0.25) is 0 Å². The topological polar surface area (TPSA) is 9.23 Å². The minimum atomic E-state index is 0.480. The first-order valence-electron chi connectivity index (χ1n) is 6.38. The Morgan fingerprint density at radius 1 is 0.867 bits per heavy atom. The summed E-state index contributed by atoms with van der Waals surface area (Å²) in [6.07, 6.45) is 11.5. The lowest BCUT2D eigenvalue weighted by molar-refractivity contribution is 0.0707. The van der Waals surface area contributed by atoms with Gasteiger partial charge in [-0.05, 0) is 36.5 Å². The summed E-state index contributed by atoms with van der Waals surface area (Å²) in [5.74, 6) is 0. The van der Waals surface area contributed by atoms with Gasteiger partial charge in [-0.3, -0.25) is 0 Å². The van der Waals surface area contributed by atoms with E-state index < -0.39 is 0 Å². The Balaban J connectivity index is 1.85. The van der Waals surface area contributed by atoms with E-state index in [-0.39, 0.29) is 0 Å². The molecule has 0 radical (unpaired) electrons. The summed E-state index contributed by atoms with van der Waals surface area (Å²) in [5, 5.41) is 0. The molecule has 2 aliphatic heterocycles. The highest BCUT2D eigenvalue weighted by Crippen LogP contribution is 2.91. The van der Waals surface area contributed by atoms with Crippen molar-refractivity contribution < 1.29 is 4.74 Å². The predicted molar refractivity (Wildman–Crippen MR) is 57.3 cm³/mol. The summed E-state index contributed by atoms with van der Waals surface area (Å²) in [7, 11) is 0. The molecule has 0 amide bonds. The maximum atomic E-state index is 6.18. The highest BCUT2D eigenvalue weighted by molar-refractivity contribution is 5.40. The van der Waals surface area contributed by atoms with Gasteiger partial charge in [-0.2, -0.15) is 0 Å². The van der Waals surface area contributed by atoms with E-state index in [0.29, 0.717) is 33.9 Å². The van der Waals surface area contributed by atoms with Crippen LogP contribution >= 0.6 is 0 Å². The van der Waals surface area contributed by atoms with Gasteiger partial charge in [0.25, 0.3) is 0 Å². The van der Waals surface area contributed by atoms with Crippen molar-refractivity contribution in [2.75, 3.05) is 0 Å². The molecule has 5 fully saturated rings. The molecule has 1 heteroatoms. The van der Waals surface area contributed by atoms with Crippen LogP contribution in [-0.4, -0.2) is 12.2 Å². The van der Waals surface area contributed by atoms with Crippen LogP contribution in [0.25, 0.3) is 0 Å². The first kappa shape index (κ1) is 7.89. The number of rotatable bonds is 0. The van der Waals surface area contributed by atoms with Crippen molar-refractivity contribution in [1.82, 2.24) is 0 Å². The van der Waals surface area contributed by atoms with Crippen LogP contribution in [0.5, 0.6) is 0 Å². The standard InChI is InChI=1S/C14H18O/c1-11-5-13-7-12(11,2)8-14(13,6-11)10-4-3-9(13)15-10/h3-4,9-10H,5-8H2,1-2H3. The predicted octanol–water partition coefficient (Wildman–Crippen LogP) is 2.91. The monoisotopic (exact) mass is 202 g/mol. The Bertz CT molecular complexity index is 369. The number of hydrogen-bond donors (Lipinski definition) is 0. The number of hydrogen-bond acceptors (Lipinski definition) is 1. The second-order valence-corrected chi connectivity index (χ2v) is 7.50. The van der Waals surface area contributed by atoms with E-state index in [9.17, 15) is 0 Å². The summed E-state index contributed by atoms with van der Waals surface area (Å²) < 4.78 is 6.18. The Morgan fingerprint density at radius 3 is 1.67 bits per heavy atom. The van der Waals surface area contributed by atoms with E-state index in [1.165, 1.54) is 25.7 Å². The molecular weight excluding hydrogens is 184 g/mol. The SMILES string of the molecule is CC12CC34CC1(C)CC3(C2)C1C=CC4O1. The summed E-state index contributed by atoms with van der Waals surface area (Å²) >= 11 is 0. The summed E-state index contributed by atoms with van der Waals surface area (Å²) in [5.41, 5.74) is 2.41. The average molecular weight is 202 g/mol. The zero-order chi connectivity index (χ0) is 10.1. The van der Waals surface area contributed by atoms with Gasteiger partial charge >= 0.3 is 0 Å². The molecule has 6 bridgehead atoms. The third-order valence-corrected chi connectivity index (χ3v) is 7.11. The van der Waals surface area contributed by atoms with Gasteiger partial charge in [0.1, 0.15) is 0 Å². The third-order valence-electron chi connectivity index (χ3n) is 7.11. The minimum absolute atomic E-state index is 0.480. The van der Waals surface area contributed by atoms with E-state index >= 15 is 0 Å². The summed E-state index contributed by atoms with van der Waals surface area (Å²) in [4.78, 5) is 0. The van der Waals surface area contributed by atoms with Crippen molar-refractivity contribution in [3.8, 4) is 0 Å². The number of ether oxygens (including phenoxy) is 1. The van der Waals surface area contributed by atoms with Crippen LogP contribution in [0.2, 0.25) is 0 Å². The zero-order valence-electron chi connectivity index (χ0n) is 9.55. The summed E-state index contributed by atoms with van der Waals surface area (Å²) in [6, 6.07) is 0. The van der Waals surface area contributed by atoms with Gasteiger partial charge in [-0.1, -0.05) is 26.0 Å². The Morgan fingerprint density at radius 2 is 1.27 bits per heavy atom. The Labute approximate surface area is 90.9 Å². The van der Waals surface area contributed by atoms with Crippen molar-refractivity contribution in [2.45, 2.75) is 51.7 Å². The molecule has 4 aliphatic carbocycles. The lowest BCUT2D eigenvalue weighted by atomic mass is 9.62. The van der Waals surface area contributed by atoms with Crippen LogP contribution in [0, 0.1) is 21.7 Å². The molecule has 15 heavy (non-hydrogen) atoms. The highest BCUT2D eigenvalue weighted by Gasteiger charge is 2.86. The molecule has 80 valence electrons. The van der Waals surface area contributed by atoms with Crippen molar-refractivity contribution in [2.24, 2.45) is 21.7 Å². The fraction of sp³-hybridized carbons (Fsp3) is 0.857. The van der Waals surface area contributed by atoms with E-state index in [1.807, 2.05) is 0 Å². The molecule has 6 rings (SSSR count). The third kappa shape index (κ3) is 0.477. The van der Waals surface area contributed by atoms with Crippen molar-refractivity contribution in [3.05, 3.63) is 12.2 Å². The molecule has 6 aliphatic rings. The maximum absolute atomic E-state index is 6.18. The molecule has 2 spiro atoms. The fourth-order valence-corrected chi connectivity index (χ4v) is 6.64. The smallest absolute Gasteiger partial charge is 0.0828 e. The van der Waals surface area contributed by atoms with Gasteiger partial charge in [0.15, 0.2) is 0 Å². The molecule has 2 unspecified atom stereocenters. The molecule has 0 aromatic heterocycles. The summed E-state index contributed by atoms with van der Waals surface area (Å²) in [6.45, 7) is 5.10. The van der Waals surface area contributed by atoms with Gasteiger partial charge in [-0.25, -0.2) is 0 Å². The van der Waals surface area contributed by atoms with Crippen LogP contribution in [0.15, 0.2) is 12.2 Å². The van der Waals surface area contributed by atoms with Crippen LogP contribution in [-0.2, 0) is 4.74 Å². The molecule has 4 saturated carbocycles. The normalized spacial score (nSPS) is 76.1. The molecule has 2 heterocycles. The largest absolute Gasteiger partial charge is 0.366 e. The number of fused-ring (bicyclic) bond motifs is 2. The quantitative estimate of drug-likeness (QED) is 0.549. The maximum Gasteiger partial charge on any atom is 0.0828 e. The second kappa shape index (κ2) is 1.64. The molecule has 0 aromatic carbocycles. The molecule has 2 atom stereocenters. The Hall–Kier alpha value is -0.300. The second-order valence-electron chi connectivity index (χ2n) is 7.50. The molecular formula is C14H18O. The van der Waals surface area contributed by atoms with Crippen molar-refractivity contribution in [3.63, 3.8) is 0 Å². The van der Waals surface area contributed by atoms with Crippen LogP contribution in [0.3, 0.4) is 0 Å². The van der Waals surface area contributed by atoms with Crippen LogP contribution in [0.1, 0.15) is 39.5 Å². The molecule has 1 nitrogen and oxygen atoms in total. The van der Waals surface area contributed by atoms with Gasteiger partial charge in [-0.15, -0.1) is 0 Å². The first-order chi connectivity index (χ1) is 7.04. The molecule has 1 saturated heterocycles. The van der Waals surface area contributed by atoms with Crippen molar-refractivity contribution >= 4 is 0 Å².